The fourth-order valence-corrected chi connectivity index (χ4v) is 0.742. The first-order valence-corrected chi connectivity index (χ1v) is 3.72. The summed E-state index contributed by atoms with van der Waals surface area (Å²) in [5, 5.41) is 35.6. The topological polar surface area (TPSA) is 98.0 Å². The van der Waals surface area contributed by atoms with Gasteiger partial charge in [0, 0.05) is 0 Å². The number of ketones is 1. The van der Waals surface area contributed by atoms with Crippen molar-refractivity contribution in [2.75, 3.05) is 6.67 Å². The molecule has 13 heavy (non-hydrogen) atoms. The first kappa shape index (κ1) is 12.4. The molecule has 0 aromatic carbocycles. The van der Waals surface area contributed by atoms with Crippen molar-refractivity contribution < 1.29 is 29.6 Å². The fraction of sp³-hybridized carbons (Fsp3) is 0.857. The van der Waals surface area contributed by atoms with Gasteiger partial charge in [-0.3, -0.25) is 4.79 Å². The Balaban J connectivity index is 4.24. The Hall–Kier alpha value is -0.560. The molecule has 6 heteroatoms. The van der Waals surface area contributed by atoms with Gasteiger partial charge in [-0.25, -0.2) is 4.39 Å². The van der Waals surface area contributed by atoms with Crippen molar-refractivity contribution in [2.45, 2.75) is 31.3 Å². The molecule has 0 rings (SSSR count). The van der Waals surface area contributed by atoms with Crippen LogP contribution in [-0.2, 0) is 4.79 Å². The van der Waals surface area contributed by atoms with Crippen LogP contribution in [0, 0.1) is 0 Å². The second-order valence-corrected chi connectivity index (χ2v) is 2.77. The van der Waals surface area contributed by atoms with Crippen LogP contribution < -0.4 is 0 Å². The molecular weight excluding hydrogens is 183 g/mol. The van der Waals surface area contributed by atoms with Crippen LogP contribution in [0.3, 0.4) is 0 Å². The lowest BCUT2D eigenvalue weighted by Gasteiger charge is -2.23. The Morgan fingerprint density at radius 3 is 2.00 bits per heavy atom. The number of aliphatic hydroxyl groups is 4. The molecule has 4 N–H and O–H groups in total. The summed E-state index contributed by atoms with van der Waals surface area (Å²) in [5.74, 6) is -1.23. The first-order valence-electron chi connectivity index (χ1n) is 3.72. The van der Waals surface area contributed by atoms with Crippen LogP contribution in [0.15, 0.2) is 0 Å². The van der Waals surface area contributed by atoms with Gasteiger partial charge in [0.25, 0.3) is 0 Å². The van der Waals surface area contributed by atoms with Crippen LogP contribution in [0.5, 0.6) is 0 Å². The van der Waals surface area contributed by atoms with Crippen molar-refractivity contribution in [1.82, 2.24) is 0 Å². The van der Waals surface area contributed by atoms with Gasteiger partial charge in [-0.2, -0.15) is 0 Å². The van der Waals surface area contributed by atoms with E-state index in [0.717, 1.165) is 0 Å². The average Bonchev–Trinajstić information content (AvgIpc) is 2.12. The van der Waals surface area contributed by atoms with E-state index in [1.54, 1.807) is 0 Å². The minimum Gasteiger partial charge on any atom is -0.391 e. The number of carbonyl (C=O) groups is 1. The number of rotatable bonds is 5. The maximum absolute atomic E-state index is 11.7. The van der Waals surface area contributed by atoms with Crippen molar-refractivity contribution in [3.05, 3.63) is 0 Å². The highest BCUT2D eigenvalue weighted by molar-refractivity contribution is 5.84. The highest BCUT2D eigenvalue weighted by Gasteiger charge is 2.32. The third-order valence-corrected chi connectivity index (χ3v) is 1.63. The number of hydrogen-bond donors (Lipinski definition) is 4. The van der Waals surface area contributed by atoms with Crippen LogP contribution in [0.2, 0.25) is 0 Å². The Morgan fingerprint density at radius 1 is 1.23 bits per heavy atom. The normalized spacial score (nSPS) is 20.5. The van der Waals surface area contributed by atoms with E-state index in [-0.39, 0.29) is 0 Å². The summed E-state index contributed by atoms with van der Waals surface area (Å²) in [5.41, 5.74) is 0. The average molecular weight is 196 g/mol. The summed E-state index contributed by atoms with van der Waals surface area (Å²) in [6.45, 7) is -0.259. The zero-order chi connectivity index (χ0) is 10.6. The smallest absolute Gasteiger partial charge is 0.194 e. The number of carbonyl (C=O) groups excluding carboxylic acids is 1. The largest absolute Gasteiger partial charge is 0.391 e. The Kier molecular flexibility index (Phi) is 5.01. The maximum Gasteiger partial charge on any atom is 0.194 e. The van der Waals surface area contributed by atoms with Gasteiger partial charge in [0.05, 0.1) is 6.10 Å². The van der Waals surface area contributed by atoms with E-state index in [1.165, 1.54) is 6.92 Å². The molecule has 0 radical (unpaired) electrons. The minimum atomic E-state index is -2.00. The Labute approximate surface area is 74.4 Å². The first-order chi connectivity index (χ1) is 5.91. The van der Waals surface area contributed by atoms with Gasteiger partial charge in [0.15, 0.2) is 12.5 Å². The summed E-state index contributed by atoms with van der Waals surface area (Å²) in [6, 6.07) is 0. The zero-order valence-corrected chi connectivity index (χ0v) is 7.09. The Bertz CT molecular complexity index is 172. The van der Waals surface area contributed by atoms with E-state index >= 15 is 0 Å². The van der Waals surface area contributed by atoms with E-state index in [4.69, 9.17) is 20.4 Å². The fourth-order valence-electron chi connectivity index (χ4n) is 0.742. The van der Waals surface area contributed by atoms with Crippen molar-refractivity contribution in [1.29, 1.82) is 0 Å². The van der Waals surface area contributed by atoms with Gasteiger partial charge in [0.1, 0.15) is 18.3 Å². The summed E-state index contributed by atoms with van der Waals surface area (Å²) in [6.07, 6.45) is -6.86. The summed E-state index contributed by atoms with van der Waals surface area (Å²) in [7, 11) is 0. The zero-order valence-electron chi connectivity index (χ0n) is 7.09. The van der Waals surface area contributed by atoms with E-state index in [2.05, 4.69) is 0 Å². The third kappa shape index (κ3) is 3.35. The summed E-state index contributed by atoms with van der Waals surface area (Å²) >= 11 is 0. The van der Waals surface area contributed by atoms with Crippen molar-refractivity contribution in [3.63, 3.8) is 0 Å². The lowest BCUT2D eigenvalue weighted by Crippen LogP contribution is -2.47. The highest BCUT2D eigenvalue weighted by Crippen LogP contribution is 2.05. The molecule has 0 fully saturated rings. The van der Waals surface area contributed by atoms with Gasteiger partial charge in [-0.15, -0.1) is 0 Å². The molecule has 0 spiro atoms. The molecule has 0 amide bonds. The third-order valence-electron chi connectivity index (χ3n) is 1.63. The lowest BCUT2D eigenvalue weighted by molar-refractivity contribution is -0.144. The van der Waals surface area contributed by atoms with Crippen LogP contribution in [-0.4, -0.2) is 57.3 Å². The summed E-state index contributed by atoms with van der Waals surface area (Å²) in [4.78, 5) is 10.5. The van der Waals surface area contributed by atoms with Crippen LogP contribution in [0.1, 0.15) is 6.92 Å². The standard InChI is InChI=1S/C7H13FO5/c1-3(9)5(11)7(13)6(12)4(10)2-8/h3,5-7,9,11-13H,2H2,1H3/t3-,5-,6-,7-/m1/s1. The molecule has 4 atom stereocenters. The Morgan fingerprint density at radius 2 is 1.69 bits per heavy atom. The van der Waals surface area contributed by atoms with Crippen molar-refractivity contribution in [2.24, 2.45) is 0 Å². The molecule has 0 bridgehead atoms. The number of alkyl halides is 1. The molecular formula is C7H13FO5. The molecule has 0 saturated heterocycles. The van der Waals surface area contributed by atoms with E-state index in [9.17, 15) is 9.18 Å². The number of Topliss-reactive ketones (excluding diaryl/α,β-unsaturated/α-hetero) is 1. The predicted octanol–water partition coefficient (Wildman–Crippen LogP) is -2.01. The predicted molar refractivity (Wildman–Crippen MR) is 40.7 cm³/mol. The molecule has 78 valence electrons. The number of aliphatic hydroxyl groups excluding tert-OH is 4. The molecule has 0 aliphatic rings. The molecule has 0 aliphatic heterocycles. The molecule has 5 nitrogen and oxygen atoms in total. The molecule has 0 heterocycles. The molecule has 0 aliphatic carbocycles. The van der Waals surface area contributed by atoms with E-state index < -0.39 is 36.9 Å². The molecule has 0 saturated carbocycles. The molecule has 0 unspecified atom stereocenters. The van der Waals surface area contributed by atoms with Crippen LogP contribution in [0.4, 0.5) is 4.39 Å². The van der Waals surface area contributed by atoms with Gasteiger partial charge in [-0.05, 0) is 6.92 Å². The maximum atomic E-state index is 11.7. The quantitative estimate of drug-likeness (QED) is 0.407. The van der Waals surface area contributed by atoms with Gasteiger partial charge < -0.3 is 20.4 Å². The van der Waals surface area contributed by atoms with E-state index in [1.807, 2.05) is 0 Å². The second kappa shape index (κ2) is 5.23. The van der Waals surface area contributed by atoms with Crippen molar-refractivity contribution in [3.8, 4) is 0 Å². The van der Waals surface area contributed by atoms with Gasteiger partial charge >= 0.3 is 0 Å². The van der Waals surface area contributed by atoms with Gasteiger partial charge in [-0.1, -0.05) is 0 Å². The van der Waals surface area contributed by atoms with Crippen LogP contribution in [0.25, 0.3) is 0 Å². The molecule has 0 aromatic rings. The minimum absolute atomic E-state index is 1.17. The van der Waals surface area contributed by atoms with Crippen molar-refractivity contribution >= 4 is 5.78 Å². The SMILES string of the molecule is C[C@@H](O)[C@@H](O)[C@@H](O)[C@H](O)C(=O)CF. The lowest BCUT2D eigenvalue weighted by atomic mass is 10.0. The molecule has 0 aromatic heterocycles. The second-order valence-electron chi connectivity index (χ2n) is 2.77. The number of halogens is 1. The monoisotopic (exact) mass is 196 g/mol. The number of hydrogen-bond acceptors (Lipinski definition) is 5. The summed E-state index contributed by atoms with van der Waals surface area (Å²) < 4.78 is 11.7. The van der Waals surface area contributed by atoms with Gasteiger partial charge in [0.2, 0.25) is 0 Å². The van der Waals surface area contributed by atoms with E-state index in [0.29, 0.717) is 0 Å². The van der Waals surface area contributed by atoms with Crippen LogP contribution >= 0.6 is 0 Å². The highest BCUT2D eigenvalue weighted by atomic mass is 19.1.